The maximum atomic E-state index is 5.12. The average molecular weight is 412 g/mol. The van der Waals surface area contributed by atoms with Crippen LogP contribution in [0, 0.1) is 12.8 Å². The lowest BCUT2D eigenvalue weighted by molar-refractivity contribution is 0.189. The smallest absolute Gasteiger partial charge is 0.147 e. The fraction of sp³-hybridized carbons (Fsp3) is 0.500. The molecule has 0 radical (unpaired) electrons. The van der Waals surface area contributed by atoms with Crippen molar-refractivity contribution in [3.05, 3.63) is 35.5 Å². The monoisotopic (exact) mass is 411 g/mol. The van der Waals surface area contributed by atoms with Gasteiger partial charge in [-0.3, -0.25) is 0 Å². The molecular formula is C22H29N5OS. The minimum Gasteiger partial charge on any atom is -0.383 e. The topological polar surface area (TPSA) is 72.0 Å². The van der Waals surface area contributed by atoms with Crippen LogP contribution in [0.15, 0.2) is 30.5 Å². The van der Waals surface area contributed by atoms with E-state index in [-0.39, 0.29) is 0 Å². The number of benzene rings is 1. The van der Waals surface area contributed by atoms with Crippen LogP contribution < -0.4 is 10.6 Å². The van der Waals surface area contributed by atoms with Gasteiger partial charge in [-0.15, -0.1) is 10.2 Å². The molecule has 0 saturated heterocycles. The van der Waals surface area contributed by atoms with Crippen LogP contribution in [-0.4, -0.2) is 48.0 Å². The lowest BCUT2D eigenvalue weighted by Gasteiger charge is -2.29. The first kappa shape index (κ1) is 20.2. The molecular weight excluding hydrogens is 382 g/mol. The summed E-state index contributed by atoms with van der Waals surface area (Å²) in [7, 11) is 1.75. The summed E-state index contributed by atoms with van der Waals surface area (Å²) < 4.78 is 5.12. The number of nitrogens with zero attached hydrogens (tertiary/aromatic N) is 3. The number of methoxy groups -OCH3 is 1. The van der Waals surface area contributed by atoms with Crippen LogP contribution in [-0.2, 0) is 4.74 Å². The molecule has 1 aliphatic carbocycles. The van der Waals surface area contributed by atoms with Gasteiger partial charge in [0.25, 0.3) is 0 Å². The van der Waals surface area contributed by atoms with Crippen molar-refractivity contribution in [1.29, 1.82) is 0 Å². The maximum absolute atomic E-state index is 5.12. The standard InChI is InChI=1S/C22H29N5OS/c1-15-26-27-22(29-15)17-5-6-18-14-25-21(12-19(18)11-17)24-13-16-3-7-20(8-4-16)23-9-10-28-2/h5-6,11-12,14,16,20,23H,3-4,7-10,13H2,1-2H3,(H,24,25). The minimum atomic E-state index is 0.641. The summed E-state index contributed by atoms with van der Waals surface area (Å²) in [6.07, 6.45) is 6.94. The third kappa shape index (κ3) is 5.29. The number of rotatable bonds is 8. The van der Waals surface area contributed by atoms with E-state index < -0.39 is 0 Å². The molecule has 0 atom stereocenters. The molecule has 0 spiro atoms. The molecule has 7 heteroatoms. The van der Waals surface area contributed by atoms with E-state index in [1.807, 2.05) is 13.1 Å². The van der Waals surface area contributed by atoms with E-state index in [1.165, 1.54) is 31.1 Å². The molecule has 4 rings (SSSR count). The largest absolute Gasteiger partial charge is 0.383 e. The van der Waals surface area contributed by atoms with Crippen LogP contribution in [0.2, 0.25) is 0 Å². The Balaban J connectivity index is 1.34. The summed E-state index contributed by atoms with van der Waals surface area (Å²) in [5.74, 6) is 1.66. The molecule has 0 unspecified atom stereocenters. The van der Waals surface area contributed by atoms with E-state index in [9.17, 15) is 0 Å². The van der Waals surface area contributed by atoms with Crippen LogP contribution in [0.1, 0.15) is 30.7 Å². The van der Waals surface area contributed by atoms with Crippen molar-refractivity contribution >= 4 is 27.9 Å². The zero-order valence-corrected chi connectivity index (χ0v) is 18.0. The number of nitrogens with one attached hydrogen (secondary N) is 2. The van der Waals surface area contributed by atoms with E-state index >= 15 is 0 Å². The summed E-state index contributed by atoms with van der Waals surface area (Å²) in [5, 5.41) is 19.8. The highest BCUT2D eigenvalue weighted by atomic mass is 32.1. The van der Waals surface area contributed by atoms with Gasteiger partial charge >= 0.3 is 0 Å². The second-order valence-corrected chi connectivity index (χ2v) is 8.98. The van der Waals surface area contributed by atoms with Crippen molar-refractivity contribution < 1.29 is 4.74 Å². The van der Waals surface area contributed by atoms with E-state index in [0.717, 1.165) is 46.5 Å². The molecule has 0 aliphatic heterocycles. The average Bonchev–Trinajstić information content (AvgIpc) is 3.19. The van der Waals surface area contributed by atoms with Crippen molar-refractivity contribution in [1.82, 2.24) is 20.5 Å². The van der Waals surface area contributed by atoms with E-state index in [2.05, 4.69) is 50.1 Å². The van der Waals surface area contributed by atoms with Crippen molar-refractivity contribution in [2.75, 3.05) is 32.1 Å². The van der Waals surface area contributed by atoms with Gasteiger partial charge in [-0.2, -0.15) is 0 Å². The van der Waals surface area contributed by atoms with Gasteiger partial charge in [0.05, 0.1) is 6.61 Å². The van der Waals surface area contributed by atoms with Crippen LogP contribution >= 0.6 is 11.3 Å². The predicted molar refractivity (Wildman–Crippen MR) is 119 cm³/mol. The Bertz CT molecular complexity index is 936. The summed E-state index contributed by atoms with van der Waals surface area (Å²) in [6, 6.07) is 9.17. The number of fused-ring (bicyclic) bond motifs is 1. The van der Waals surface area contributed by atoms with Crippen LogP contribution in [0.4, 0.5) is 5.82 Å². The number of aromatic nitrogens is 3. The zero-order chi connectivity index (χ0) is 20.1. The first-order valence-electron chi connectivity index (χ1n) is 10.4. The molecule has 1 fully saturated rings. The van der Waals surface area contributed by atoms with Gasteiger partial charge in [0.2, 0.25) is 0 Å². The van der Waals surface area contributed by atoms with Crippen LogP contribution in [0.25, 0.3) is 21.3 Å². The third-order valence-corrected chi connectivity index (χ3v) is 6.54. The first-order chi connectivity index (χ1) is 14.2. The highest BCUT2D eigenvalue weighted by Crippen LogP contribution is 2.28. The van der Waals surface area contributed by atoms with Gasteiger partial charge in [-0.25, -0.2) is 4.98 Å². The fourth-order valence-corrected chi connectivity index (χ4v) is 4.66. The Kier molecular flexibility index (Phi) is 6.69. The molecule has 3 aromatic rings. The lowest BCUT2D eigenvalue weighted by Crippen LogP contribution is -2.36. The molecule has 1 aliphatic rings. The number of anilines is 1. The van der Waals surface area contributed by atoms with Crippen molar-refractivity contribution in [2.24, 2.45) is 5.92 Å². The van der Waals surface area contributed by atoms with Crippen molar-refractivity contribution in [2.45, 2.75) is 38.6 Å². The van der Waals surface area contributed by atoms with E-state index in [1.54, 1.807) is 18.4 Å². The van der Waals surface area contributed by atoms with Crippen molar-refractivity contribution in [3.8, 4) is 10.6 Å². The summed E-state index contributed by atoms with van der Waals surface area (Å²) in [4.78, 5) is 4.60. The Hall–Kier alpha value is -2.09. The van der Waals surface area contributed by atoms with Gasteiger partial charge in [-0.05, 0) is 56.0 Å². The van der Waals surface area contributed by atoms with Gasteiger partial charge in [0.15, 0.2) is 0 Å². The molecule has 2 heterocycles. The fourth-order valence-electron chi connectivity index (χ4n) is 3.97. The number of hydrogen-bond donors (Lipinski definition) is 2. The first-order valence-corrected chi connectivity index (χ1v) is 11.2. The second-order valence-electron chi connectivity index (χ2n) is 7.80. The Morgan fingerprint density at radius 2 is 1.97 bits per heavy atom. The van der Waals surface area contributed by atoms with Crippen LogP contribution in [0.5, 0.6) is 0 Å². The quantitative estimate of drug-likeness (QED) is 0.540. The molecule has 2 aromatic heterocycles. The normalized spacial score (nSPS) is 19.5. The lowest BCUT2D eigenvalue weighted by atomic mass is 9.86. The molecule has 2 N–H and O–H groups in total. The molecule has 29 heavy (non-hydrogen) atoms. The highest BCUT2D eigenvalue weighted by Gasteiger charge is 2.20. The SMILES string of the molecule is COCCNC1CCC(CNc2cc3cc(-c4nnc(C)s4)ccc3cn2)CC1. The number of pyridine rings is 1. The van der Waals surface area contributed by atoms with Crippen LogP contribution in [0.3, 0.4) is 0 Å². The molecule has 0 amide bonds. The van der Waals surface area contributed by atoms with Gasteiger partial charge in [0, 0.05) is 43.4 Å². The number of hydrogen-bond acceptors (Lipinski definition) is 7. The zero-order valence-electron chi connectivity index (χ0n) is 17.1. The molecule has 154 valence electrons. The molecule has 6 nitrogen and oxygen atoms in total. The highest BCUT2D eigenvalue weighted by molar-refractivity contribution is 7.14. The number of aryl methyl sites for hydroxylation is 1. The van der Waals surface area contributed by atoms with E-state index in [4.69, 9.17) is 4.74 Å². The Labute approximate surface area is 176 Å². The van der Waals surface area contributed by atoms with E-state index in [0.29, 0.717) is 12.0 Å². The van der Waals surface area contributed by atoms with Crippen molar-refractivity contribution in [3.63, 3.8) is 0 Å². The Morgan fingerprint density at radius 1 is 1.10 bits per heavy atom. The second kappa shape index (κ2) is 9.61. The summed E-state index contributed by atoms with van der Waals surface area (Å²) in [6.45, 7) is 4.70. The maximum Gasteiger partial charge on any atom is 0.147 e. The summed E-state index contributed by atoms with van der Waals surface area (Å²) in [5.41, 5.74) is 1.11. The van der Waals surface area contributed by atoms with Gasteiger partial charge in [-0.1, -0.05) is 23.5 Å². The predicted octanol–water partition coefficient (Wildman–Crippen LogP) is 4.27. The minimum absolute atomic E-state index is 0.641. The molecule has 1 aromatic carbocycles. The molecule has 0 bridgehead atoms. The Morgan fingerprint density at radius 3 is 2.72 bits per heavy atom. The number of ether oxygens (including phenoxy) is 1. The summed E-state index contributed by atoms with van der Waals surface area (Å²) >= 11 is 1.62. The van der Waals surface area contributed by atoms with Gasteiger partial charge < -0.3 is 15.4 Å². The third-order valence-electron chi connectivity index (χ3n) is 5.65. The molecule has 1 saturated carbocycles. The van der Waals surface area contributed by atoms with Gasteiger partial charge in [0.1, 0.15) is 15.8 Å².